The highest BCUT2D eigenvalue weighted by Gasteiger charge is 2.27. The highest BCUT2D eigenvalue weighted by Crippen LogP contribution is 2.38. The third kappa shape index (κ3) is 2.40. The van der Waals surface area contributed by atoms with Gasteiger partial charge in [-0.1, -0.05) is 50.5 Å². The summed E-state index contributed by atoms with van der Waals surface area (Å²) < 4.78 is 0. The molecule has 1 heterocycles. The maximum absolute atomic E-state index is 4.81. The molecule has 0 N–H and O–H groups in total. The second kappa shape index (κ2) is 4.72. The molecule has 0 aliphatic heterocycles. The summed E-state index contributed by atoms with van der Waals surface area (Å²) in [7, 11) is 0. The Labute approximate surface area is 109 Å². The maximum atomic E-state index is 4.81. The molecule has 1 nitrogen and oxygen atoms in total. The van der Waals surface area contributed by atoms with E-state index in [1.54, 1.807) is 0 Å². The standard InChI is InChI=1S/C17H21N/c1-17(11-5-2-6-12-17)13-15-10-9-14-7-3-4-8-16(14)18-15/h3-4,7-10H,2,5-6,11-13H2,1H3. The lowest BCUT2D eigenvalue weighted by Crippen LogP contribution is -2.23. The van der Waals surface area contributed by atoms with E-state index in [9.17, 15) is 0 Å². The summed E-state index contributed by atoms with van der Waals surface area (Å²) in [6.45, 7) is 2.43. The van der Waals surface area contributed by atoms with Gasteiger partial charge in [0.1, 0.15) is 0 Å². The molecular weight excluding hydrogens is 218 g/mol. The van der Waals surface area contributed by atoms with Gasteiger partial charge >= 0.3 is 0 Å². The Morgan fingerprint density at radius 3 is 2.61 bits per heavy atom. The molecule has 1 saturated carbocycles. The van der Waals surface area contributed by atoms with Gasteiger partial charge in [-0.3, -0.25) is 4.98 Å². The fourth-order valence-electron chi connectivity index (χ4n) is 3.23. The van der Waals surface area contributed by atoms with Crippen LogP contribution < -0.4 is 0 Å². The van der Waals surface area contributed by atoms with Gasteiger partial charge < -0.3 is 0 Å². The number of rotatable bonds is 2. The molecule has 2 aromatic rings. The number of para-hydroxylation sites is 1. The van der Waals surface area contributed by atoms with Crippen molar-refractivity contribution in [3.63, 3.8) is 0 Å². The van der Waals surface area contributed by atoms with Crippen molar-refractivity contribution < 1.29 is 0 Å². The summed E-state index contributed by atoms with van der Waals surface area (Å²) in [6, 6.07) is 12.8. The highest BCUT2D eigenvalue weighted by atomic mass is 14.7. The third-order valence-corrected chi connectivity index (χ3v) is 4.32. The Hall–Kier alpha value is -1.37. The summed E-state index contributed by atoms with van der Waals surface area (Å²) in [5.74, 6) is 0. The molecule has 0 amide bonds. The van der Waals surface area contributed by atoms with E-state index in [1.807, 2.05) is 0 Å². The molecule has 0 atom stereocenters. The van der Waals surface area contributed by atoms with Crippen LogP contribution in [0.4, 0.5) is 0 Å². The fourth-order valence-corrected chi connectivity index (χ4v) is 3.23. The lowest BCUT2D eigenvalue weighted by molar-refractivity contribution is 0.213. The number of benzene rings is 1. The van der Waals surface area contributed by atoms with Gasteiger partial charge in [0.2, 0.25) is 0 Å². The van der Waals surface area contributed by atoms with Crippen LogP contribution in [-0.4, -0.2) is 4.98 Å². The first kappa shape index (κ1) is 11.7. The minimum absolute atomic E-state index is 0.480. The van der Waals surface area contributed by atoms with Crippen molar-refractivity contribution in [2.75, 3.05) is 0 Å². The Bertz CT molecular complexity index is 538. The average molecular weight is 239 g/mol. The zero-order valence-corrected chi connectivity index (χ0v) is 11.2. The average Bonchev–Trinajstić information content (AvgIpc) is 2.39. The zero-order chi connectivity index (χ0) is 12.4. The third-order valence-electron chi connectivity index (χ3n) is 4.32. The molecule has 1 aliphatic carbocycles. The van der Waals surface area contributed by atoms with Crippen LogP contribution >= 0.6 is 0 Å². The van der Waals surface area contributed by atoms with Crippen LogP contribution in [0, 0.1) is 5.41 Å². The number of pyridine rings is 1. The molecule has 0 radical (unpaired) electrons. The van der Waals surface area contributed by atoms with Crippen LogP contribution in [0.3, 0.4) is 0 Å². The number of nitrogens with zero attached hydrogens (tertiary/aromatic N) is 1. The normalized spacial score (nSPS) is 18.9. The van der Waals surface area contributed by atoms with Gasteiger partial charge in [-0.05, 0) is 36.8 Å². The monoisotopic (exact) mass is 239 g/mol. The molecule has 94 valence electrons. The second-order valence-corrected chi connectivity index (χ2v) is 6.04. The van der Waals surface area contributed by atoms with Crippen LogP contribution in [0.1, 0.15) is 44.7 Å². The number of hydrogen-bond acceptors (Lipinski definition) is 1. The molecular formula is C17H21N. The van der Waals surface area contributed by atoms with Crippen LogP contribution in [0.5, 0.6) is 0 Å². The van der Waals surface area contributed by atoms with E-state index in [0.29, 0.717) is 5.41 Å². The van der Waals surface area contributed by atoms with Crippen molar-refractivity contribution in [2.24, 2.45) is 5.41 Å². The van der Waals surface area contributed by atoms with E-state index in [0.717, 1.165) is 11.9 Å². The van der Waals surface area contributed by atoms with Crippen LogP contribution in [0.2, 0.25) is 0 Å². The molecule has 1 heteroatoms. The SMILES string of the molecule is CC1(Cc2ccc3ccccc3n2)CCCCC1. The first-order chi connectivity index (χ1) is 8.75. The Kier molecular flexibility index (Phi) is 3.07. The van der Waals surface area contributed by atoms with Gasteiger partial charge in [0, 0.05) is 11.1 Å². The Morgan fingerprint density at radius 1 is 1.00 bits per heavy atom. The Balaban J connectivity index is 1.85. The molecule has 18 heavy (non-hydrogen) atoms. The molecule has 0 spiro atoms. The van der Waals surface area contributed by atoms with Crippen LogP contribution in [0.15, 0.2) is 36.4 Å². The quantitative estimate of drug-likeness (QED) is 0.737. The first-order valence-corrected chi connectivity index (χ1v) is 7.10. The van der Waals surface area contributed by atoms with Crippen molar-refractivity contribution in [3.8, 4) is 0 Å². The first-order valence-electron chi connectivity index (χ1n) is 7.10. The predicted molar refractivity (Wildman–Crippen MR) is 76.6 cm³/mol. The summed E-state index contributed by atoms with van der Waals surface area (Å²) >= 11 is 0. The van der Waals surface area contributed by atoms with E-state index in [1.165, 1.54) is 43.2 Å². The lowest BCUT2D eigenvalue weighted by atomic mass is 9.73. The van der Waals surface area contributed by atoms with E-state index < -0.39 is 0 Å². The van der Waals surface area contributed by atoms with Gasteiger partial charge in [-0.15, -0.1) is 0 Å². The zero-order valence-electron chi connectivity index (χ0n) is 11.2. The Morgan fingerprint density at radius 2 is 1.78 bits per heavy atom. The molecule has 0 saturated heterocycles. The summed E-state index contributed by atoms with van der Waals surface area (Å²) in [5.41, 5.74) is 2.88. The van der Waals surface area contributed by atoms with Gasteiger partial charge in [-0.2, -0.15) is 0 Å². The van der Waals surface area contributed by atoms with Crippen molar-refractivity contribution >= 4 is 10.9 Å². The minimum Gasteiger partial charge on any atom is -0.253 e. The lowest BCUT2D eigenvalue weighted by Gasteiger charge is -2.33. The largest absolute Gasteiger partial charge is 0.253 e. The maximum Gasteiger partial charge on any atom is 0.0705 e. The van der Waals surface area contributed by atoms with E-state index in [-0.39, 0.29) is 0 Å². The predicted octanol–water partition coefficient (Wildman–Crippen LogP) is 4.75. The number of aromatic nitrogens is 1. The highest BCUT2D eigenvalue weighted by molar-refractivity contribution is 5.78. The molecule has 1 aromatic carbocycles. The minimum atomic E-state index is 0.480. The molecule has 1 fully saturated rings. The van der Waals surface area contributed by atoms with E-state index >= 15 is 0 Å². The van der Waals surface area contributed by atoms with Gasteiger partial charge in [0.25, 0.3) is 0 Å². The molecule has 1 aliphatic rings. The number of fused-ring (bicyclic) bond motifs is 1. The summed E-state index contributed by atoms with van der Waals surface area (Å²) in [4.78, 5) is 4.81. The summed E-state index contributed by atoms with van der Waals surface area (Å²) in [5, 5.41) is 1.25. The van der Waals surface area contributed by atoms with Gasteiger partial charge in [0.15, 0.2) is 0 Å². The van der Waals surface area contributed by atoms with Crippen molar-refractivity contribution in [3.05, 3.63) is 42.1 Å². The van der Waals surface area contributed by atoms with Crippen LogP contribution in [0.25, 0.3) is 10.9 Å². The number of hydrogen-bond donors (Lipinski definition) is 0. The molecule has 0 unspecified atom stereocenters. The van der Waals surface area contributed by atoms with E-state index in [4.69, 9.17) is 4.98 Å². The van der Waals surface area contributed by atoms with Gasteiger partial charge in [-0.25, -0.2) is 0 Å². The van der Waals surface area contributed by atoms with Crippen molar-refractivity contribution in [1.29, 1.82) is 0 Å². The topological polar surface area (TPSA) is 12.9 Å². The van der Waals surface area contributed by atoms with E-state index in [2.05, 4.69) is 43.3 Å². The fraction of sp³-hybridized carbons (Fsp3) is 0.471. The molecule has 0 bridgehead atoms. The second-order valence-electron chi connectivity index (χ2n) is 6.04. The molecule has 1 aromatic heterocycles. The molecule has 3 rings (SSSR count). The van der Waals surface area contributed by atoms with Gasteiger partial charge in [0.05, 0.1) is 5.52 Å². The smallest absolute Gasteiger partial charge is 0.0705 e. The van der Waals surface area contributed by atoms with Crippen molar-refractivity contribution in [2.45, 2.75) is 45.4 Å². The van der Waals surface area contributed by atoms with Crippen molar-refractivity contribution in [1.82, 2.24) is 4.98 Å². The van der Waals surface area contributed by atoms with Crippen LogP contribution in [-0.2, 0) is 6.42 Å². The summed E-state index contributed by atoms with van der Waals surface area (Å²) in [6.07, 6.45) is 8.07.